The zero-order valence-electron chi connectivity index (χ0n) is 14.9. The standard InChI is InChI=1S/C23H18ClNO.ClH/c1-2-26-18-14-12-17(13-15-18)23-22(24)21(16-8-4-3-5-9-16)19-10-6-7-11-20(19)25-23;/h3-15H,2H2,1H3;1H. The number of hydrogen-bond acceptors (Lipinski definition) is 2. The molecule has 136 valence electrons. The van der Waals surface area contributed by atoms with E-state index in [0.29, 0.717) is 11.6 Å². The number of fused-ring (bicyclic) bond motifs is 1. The number of hydrogen-bond donors (Lipinski definition) is 0. The van der Waals surface area contributed by atoms with E-state index in [0.717, 1.165) is 39.0 Å². The van der Waals surface area contributed by atoms with E-state index in [1.54, 1.807) is 0 Å². The van der Waals surface area contributed by atoms with Gasteiger partial charge in [-0.1, -0.05) is 60.1 Å². The van der Waals surface area contributed by atoms with E-state index in [1.807, 2.05) is 67.6 Å². The maximum absolute atomic E-state index is 6.86. The topological polar surface area (TPSA) is 22.1 Å². The Hall–Kier alpha value is -2.55. The van der Waals surface area contributed by atoms with Gasteiger partial charge in [0, 0.05) is 16.5 Å². The number of para-hydroxylation sites is 1. The molecule has 0 N–H and O–H groups in total. The maximum atomic E-state index is 6.86. The predicted octanol–water partition coefficient (Wildman–Crippen LogP) is 7.04. The fourth-order valence-electron chi connectivity index (χ4n) is 3.14. The second-order valence-electron chi connectivity index (χ2n) is 5.99. The van der Waals surface area contributed by atoms with Crippen LogP contribution in [-0.4, -0.2) is 11.6 Å². The van der Waals surface area contributed by atoms with Crippen molar-refractivity contribution in [1.29, 1.82) is 0 Å². The van der Waals surface area contributed by atoms with Gasteiger partial charge in [0.15, 0.2) is 0 Å². The lowest BCUT2D eigenvalue weighted by Gasteiger charge is -2.14. The highest BCUT2D eigenvalue weighted by Gasteiger charge is 2.16. The summed E-state index contributed by atoms with van der Waals surface area (Å²) in [7, 11) is 0. The average molecular weight is 396 g/mol. The van der Waals surface area contributed by atoms with Crippen molar-refractivity contribution in [2.75, 3.05) is 6.61 Å². The fourth-order valence-corrected chi connectivity index (χ4v) is 3.50. The molecule has 0 saturated carbocycles. The lowest BCUT2D eigenvalue weighted by atomic mass is 9.98. The van der Waals surface area contributed by atoms with Crippen LogP contribution in [0.2, 0.25) is 5.02 Å². The van der Waals surface area contributed by atoms with Crippen molar-refractivity contribution < 1.29 is 4.74 Å². The summed E-state index contributed by atoms with van der Waals surface area (Å²) in [5, 5.41) is 1.72. The van der Waals surface area contributed by atoms with Crippen LogP contribution in [0.4, 0.5) is 0 Å². The molecule has 0 aliphatic heterocycles. The first-order valence-corrected chi connectivity index (χ1v) is 9.02. The minimum atomic E-state index is 0. The number of ether oxygens (including phenoxy) is 1. The minimum Gasteiger partial charge on any atom is -0.494 e. The number of pyridine rings is 1. The summed E-state index contributed by atoms with van der Waals surface area (Å²) in [5.74, 6) is 0.844. The Balaban J connectivity index is 0.00000210. The van der Waals surface area contributed by atoms with Gasteiger partial charge in [0.1, 0.15) is 5.75 Å². The molecular formula is C23H19Cl2NO. The van der Waals surface area contributed by atoms with E-state index < -0.39 is 0 Å². The molecule has 0 saturated heterocycles. The summed E-state index contributed by atoms with van der Waals surface area (Å²) in [6.07, 6.45) is 0. The Morgan fingerprint density at radius 1 is 0.815 bits per heavy atom. The molecule has 3 aromatic carbocycles. The van der Waals surface area contributed by atoms with Crippen LogP contribution in [0.15, 0.2) is 78.9 Å². The van der Waals surface area contributed by atoms with Crippen LogP contribution in [0.3, 0.4) is 0 Å². The molecule has 1 heterocycles. The molecule has 4 rings (SSSR count). The summed E-state index contributed by atoms with van der Waals surface area (Å²) < 4.78 is 5.54. The van der Waals surface area contributed by atoms with Crippen molar-refractivity contribution in [3.8, 4) is 28.1 Å². The van der Waals surface area contributed by atoms with E-state index in [1.165, 1.54) is 0 Å². The van der Waals surface area contributed by atoms with Crippen LogP contribution in [0.25, 0.3) is 33.3 Å². The smallest absolute Gasteiger partial charge is 0.119 e. The van der Waals surface area contributed by atoms with Crippen molar-refractivity contribution in [2.45, 2.75) is 6.92 Å². The molecule has 0 spiro atoms. The molecular weight excluding hydrogens is 377 g/mol. The van der Waals surface area contributed by atoms with Gasteiger partial charge in [-0.15, -0.1) is 12.4 Å². The third-order valence-electron chi connectivity index (χ3n) is 4.33. The van der Waals surface area contributed by atoms with Gasteiger partial charge in [-0.2, -0.15) is 0 Å². The lowest BCUT2D eigenvalue weighted by Crippen LogP contribution is -1.94. The zero-order chi connectivity index (χ0) is 17.9. The van der Waals surface area contributed by atoms with Crippen molar-refractivity contribution in [3.05, 3.63) is 83.9 Å². The van der Waals surface area contributed by atoms with Crippen LogP contribution in [-0.2, 0) is 0 Å². The third kappa shape index (κ3) is 3.78. The van der Waals surface area contributed by atoms with Crippen LogP contribution in [0, 0.1) is 0 Å². The van der Waals surface area contributed by atoms with E-state index in [9.17, 15) is 0 Å². The van der Waals surface area contributed by atoms with Crippen molar-refractivity contribution in [3.63, 3.8) is 0 Å². The molecule has 4 aromatic rings. The molecule has 27 heavy (non-hydrogen) atoms. The van der Waals surface area contributed by atoms with Gasteiger partial charge in [-0.3, -0.25) is 0 Å². The Morgan fingerprint density at radius 2 is 1.48 bits per heavy atom. The quantitative estimate of drug-likeness (QED) is 0.369. The Bertz CT molecular complexity index is 1050. The molecule has 0 amide bonds. The highest BCUT2D eigenvalue weighted by Crippen LogP contribution is 2.40. The Morgan fingerprint density at radius 3 is 2.19 bits per heavy atom. The Labute approximate surface area is 170 Å². The molecule has 1 aromatic heterocycles. The molecule has 0 radical (unpaired) electrons. The van der Waals surface area contributed by atoms with Gasteiger partial charge >= 0.3 is 0 Å². The van der Waals surface area contributed by atoms with Crippen molar-refractivity contribution in [2.24, 2.45) is 0 Å². The first-order chi connectivity index (χ1) is 12.8. The number of nitrogens with zero attached hydrogens (tertiary/aromatic N) is 1. The van der Waals surface area contributed by atoms with Crippen LogP contribution in [0.1, 0.15) is 6.92 Å². The van der Waals surface area contributed by atoms with Crippen LogP contribution in [0.5, 0.6) is 5.75 Å². The molecule has 0 atom stereocenters. The summed E-state index contributed by atoms with van der Waals surface area (Å²) in [4.78, 5) is 4.83. The predicted molar refractivity (Wildman–Crippen MR) is 116 cm³/mol. The maximum Gasteiger partial charge on any atom is 0.119 e. The minimum absolute atomic E-state index is 0. The van der Waals surface area contributed by atoms with Gasteiger partial charge < -0.3 is 4.74 Å². The molecule has 0 aliphatic rings. The highest BCUT2D eigenvalue weighted by atomic mass is 35.5. The number of benzene rings is 3. The lowest BCUT2D eigenvalue weighted by molar-refractivity contribution is 0.340. The van der Waals surface area contributed by atoms with Crippen LogP contribution >= 0.6 is 24.0 Å². The molecule has 2 nitrogen and oxygen atoms in total. The Kier molecular flexibility index (Phi) is 6.00. The monoisotopic (exact) mass is 395 g/mol. The highest BCUT2D eigenvalue weighted by molar-refractivity contribution is 6.37. The second-order valence-corrected chi connectivity index (χ2v) is 6.37. The summed E-state index contributed by atoms with van der Waals surface area (Å²) in [6, 6.07) is 26.2. The summed E-state index contributed by atoms with van der Waals surface area (Å²) in [6.45, 7) is 2.62. The molecule has 0 fully saturated rings. The van der Waals surface area contributed by atoms with Gasteiger partial charge in [0.2, 0.25) is 0 Å². The van der Waals surface area contributed by atoms with E-state index >= 15 is 0 Å². The molecule has 0 unspecified atom stereocenters. The number of halogens is 2. The van der Waals surface area contributed by atoms with E-state index in [-0.39, 0.29) is 12.4 Å². The molecule has 0 aliphatic carbocycles. The normalized spacial score (nSPS) is 10.4. The van der Waals surface area contributed by atoms with Gasteiger partial charge in [-0.25, -0.2) is 4.98 Å². The molecule has 0 bridgehead atoms. The zero-order valence-corrected chi connectivity index (χ0v) is 16.4. The average Bonchev–Trinajstić information content (AvgIpc) is 2.69. The van der Waals surface area contributed by atoms with Gasteiger partial charge in [0.05, 0.1) is 22.8 Å². The summed E-state index contributed by atoms with van der Waals surface area (Å²) in [5.41, 5.74) is 4.79. The van der Waals surface area contributed by atoms with Gasteiger partial charge in [-0.05, 0) is 42.8 Å². The third-order valence-corrected chi connectivity index (χ3v) is 4.70. The number of aromatic nitrogens is 1. The summed E-state index contributed by atoms with van der Waals surface area (Å²) >= 11 is 6.86. The SMILES string of the molecule is CCOc1ccc(-c2nc3ccccc3c(-c3ccccc3)c2Cl)cc1.Cl. The molecule has 4 heteroatoms. The van der Waals surface area contributed by atoms with Crippen LogP contribution < -0.4 is 4.74 Å². The van der Waals surface area contributed by atoms with Crippen molar-refractivity contribution >= 4 is 34.9 Å². The second kappa shape index (κ2) is 8.43. The van der Waals surface area contributed by atoms with Crippen molar-refractivity contribution in [1.82, 2.24) is 4.98 Å². The van der Waals surface area contributed by atoms with Gasteiger partial charge in [0.25, 0.3) is 0 Å². The van der Waals surface area contributed by atoms with E-state index in [2.05, 4.69) is 18.2 Å². The first-order valence-electron chi connectivity index (χ1n) is 8.65. The first kappa shape index (κ1) is 19.2. The number of rotatable bonds is 4. The van der Waals surface area contributed by atoms with E-state index in [4.69, 9.17) is 21.3 Å². The largest absolute Gasteiger partial charge is 0.494 e. The fraction of sp³-hybridized carbons (Fsp3) is 0.0870.